The number of nitrogens with two attached hydrogens (primary N) is 1. The predicted octanol–water partition coefficient (Wildman–Crippen LogP) is 3.02. The van der Waals surface area contributed by atoms with Gasteiger partial charge in [-0.05, 0) is 20.0 Å². The summed E-state index contributed by atoms with van der Waals surface area (Å²) in [6.07, 6.45) is 11.2. The van der Waals surface area contributed by atoms with E-state index in [4.69, 9.17) is 5.73 Å². The molecular weight excluding hydrogens is 184 g/mol. The van der Waals surface area contributed by atoms with Gasteiger partial charge in [-0.1, -0.05) is 51.9 Å². The molecule has 0 amide bonds. The molecule has 0 bridgehead atoms. The molecule has 0 radical (unpaired) electrons. The van der Waals surface area contributed by atoms with E-state index in [0.717, 1.165) is 13.1 Å². The molecule has 15 heavy (non-hydrogen) atoms. The van der Waals surface area contributed by atoms with E-state index in [1.807, 2.05) is 0 Å². The minimum absolute atomic E-state index is 0.785. The summed E-state index contributed by atoms with van der Waals surface area (Å²) in [5.41, 5.74) is 5.49. The number of hydrogen-bond acceptors (Lipinski definition) is 2. The summed E-state index contributed by atoms with van der Waals surface area (Å²) in [5, 5.41) is 0. The Bertz CT molecular complexity index is 115. The zero-order valence-electron chi connectivity index (χ0n) is 10.8. The minimum Gasteiger partial charge on any atom is -0.329 e. The second-order valence-corrected chi connectivity index (χ2v) is 4.57. The van der Waals surface area contributed by atoms with E-state index in [1.54, 1.807) is 0 Å². The van der Waals surface area contributed by atoms with Gasteiger partial charge < -0.3 is 10.6 Å². The van der Waals surface area contributed by atoms with Crippen LogP contribution < -0.4 is 5.73 Å². The van der Waals surface area contributed by atoms with Crippen LogP contribution in [0, 0.1) is 0 Å². The fraction of sp³-hybridized carbons (Fsp3) is 1.00. The Morgan fingerprint density at radius 2 is 1.33 bits per heavy atom. The molecule has 2 heteroatoms. The van der Waals surface area contributed by atoms with Crippen LogP contribution in [0.5, 0.6) is 0 Å². The quantitative estimate of drug-likeness (QED) is 0.536. The van der Waals surface area contributed by atoms with Gasteiger partial charge in [0.1, 0.15) is 0 Å². The van der Waals surface area contributed by atoms with Crippen LogP contribution in [0.15, 0.2) is 0 Å². The van der Waals surface area contributed by atoms with Crippen LogP contribution in [0.2, 0.25) is 0 Å². The minimum atomic E-state index is 0.785. The number of rotatable bonds is 11. The Hall–Kier alpha value is -0.0800. The van der Waals surface area contributed by atoms with Crippen LogP contribution in [-0.2, 0) is 0 Å². The molecule has 0 atom stereocenters. The number of hydrogen-bond donors (Lipinski definition) is 1. The maximum Gasteiger partial charge on any atom is 0.0102 e. The first-order chi connectivity index (χ1) is 7.31. The van der Waals surface area contributed by atoms with E-state index in [9.17, 15) is 0 Å². The largest absolute Gasteiger partial charge is 0.329 e. The first kappa shape index (κ1) is 14.9. The van der Waals surface area contributed by atoms with Crippen molar-refractivity contribution < 1.29 is 0 Å². The van der Waals surface area contributed by atoms with Crippen molar-refractivity contribution in [1.82, 2.24) is 4.90 Å². The summed E-state index contributed by atoms with van der Waals surface area (Å²) in [6, 6.07) is 0. The second-order valence-electron chi connectivity index (χ2n) is 4.57. The van der Waals surface area contributed by atoms with E-state index >= 15 is 0 Å². The van der Waals surface area contributed by atoms with Crippen molar-refractivity contribution in [3.63, 3.8) is 0 Å². The van der Waals surface area contributed by atoms with Crippen LogP contribution >= 0.6 is 0 Å². The second kappa shape index (κ2) is 12.0. The molecule has 0 aliphatic carbocycles. The number of unbranched alkanes of at least 4 members (excludes halogenated alkanes) is 7. The molecule has 0 aromatic rings. The molecule has 0 heterocycles. The Morgan fingerprint density at radius 1 is 0.800 bits per heavy atom. The third-order valence-corrected chi connectivity index (χ3v) is 2.90. The summed E-state index contributed by atoms with van der Waals surface area (Å²) < 4.78 is 0. The van der Waals surface area contributed by atoms with Gasteiger partial charge >= 0.3 is 0 Å². The summed E-state index contributed by atoms with van der Waals surface area (Å²) >= 11 is 0. The van der Waals surface area contributed by atoms with Gasteiger partial charge in [-0.15, -0.1) is 0 Å². The van der Waals surface area contributed by atoms with Crippen molar-refractivity contribution in [2.24, 2.45) is 5.73 Å². The molecule has 0 aromatic carbocycles. The summed E-state index contributed by atoms with van der Waals surface area (Å²) in [6.45, 7) is 5.31. The predicted molar refractivity (Wildman–Crippen MR) is 69.2 cm³/mol. The van der Waals surface area contributed by atoms with Crippen LogP contribution in [-0.4, -0.2) is 31.6 Å². The van der Waals surface area contributed by atoms with Gasteiger partial charge in [-0.2, -0.15) is 0 Å². The van der Waals surface area contributed by atoms with E-state index in [2.05, 4.69) is 18.9 Å². The average molecular weight is 214 g/mol. The molecule has 0 aliphatic rings. The lowest BCUT2D eigenvalue weighted by molar-refractivity contribution is 0.332. The van der Waals surface area contributed by atoms with E-state index in [-0.39, 0.29) is 0 Å². The Labute approximate surface area is 96.2 Å². The number of nitrogens with zero attached hydrogens (tertiary/aromatic N) is 1. The Morgan fingerprint density at radius 3 is 1.87 bits per heavy atom. The highest BCUT2D eigenvalue weighted by atomic mass is 15.1. The third-order valence-electron chi connectivity index (χ3n) is 2.90. The fourth-order valence-electron chi connectivity index (χ4n) is 1.85. The molecule has 0 saturated carbocycles. The molecule has 0 aromatic heterocycles. The molecular formula is C13H30N2. The molecule has 2 N–H and O–H groups in total. The van der Waals surface area contributed by atoms with Crippen LogP contribution in [0.3, 0.4) is 0 Å². The van der Waals surface area contributed by atoms with Crippen molar-refractivity contribution in [2.45, 2.75) is 58.3 Å². The van der Waals surface area contributed by atoms with Crippen molar-refractivity contribution >= 4 is 0 Å². The van der Waals surface area contributed by atoms with Crippen LogP contribution in [0.1, 0.15) is 58.3 Å². The van der Waals surface area contributed by atoms with E-state index < -0.39 is 0 Å². The van der Waals surface area contributed by atoms with Crippen LogP contribution in [0.4, 0.5) is 0 Å². The average Bonchev–Trinajstić information content (AvgIpc) is 2.22. The first-order valence-electron chi connectivity index (χ1n) is 6.70. The standard InChI is InChI=1S/C13H30N2/c1-3-4-5-6-7-8-9-10-12-15(2)13-11-14/h3-14H2,1-2H3. The molecule has 0 saturated heterocycles. The lowest BCUT2D eigenvalue weighted by Gasteiger charge is -2.14. The smallest absolute Gasteiger partial charge is 0.0102 e. The molecule has 0 fully saturated rings. The van der Waals surface area contributed by atoms with E-state index in [1.165, 1.54) is 57.9 Å². The van der Waals surface area contributed by atoms with Gasteiger partial charge in [-0.25, -0.2) is 0 Å². The van der Waals surface area contributed by atoms with Gasteiger partial charge in [0, 0.05) is 13.1 Å². The zero-order chi connectivity index (χ0) is 11.4. The normalized spacial score (nSPS) is 11.2. The maximum absolute atomic E-state index is 5.49. The lowest BCUT2D eigenvalue weighted by atomic mass is 10.1. The maximum atomic E-state index is 5.49. The molecule has 0 spiro atoms. The molecule has 0 unspecified atom stereocenters. The van der Waals surface area contributed by atoms with Crippen molar-refractivity contribution in [2.75, 3.05) is 26.7 Å². The van der Waals surface area contributed by atoms with Crippen molar-refractivity contribution in [3.05, 3.63) is 0 Å². The summed E-state index contributed by atoms with van der Waals surface area (Å²) in [5.74, 6) is 0. The first-order valence-corrected chi connectivity index (χ1v) is 6.70. The topological polar surface area (TPSA) is 29.3 Å². The van der Waals surface area contributed by atoms with Crippen LogP contribution in [0.25, 0.3) is 0 Å². The highest BCUT2D eigenvalue weighted by molar-refractivity contribution is 4.53. The monoisotopic (exact) mass is 214 g/mol. The Kier molecular flexibility index (Phi) is 11.9. The van der Waals surface area contributed by atoms with E-state index in [0.29, 0.717) is 0 Å². The lowest BCUT2D eigenvalue weighted by Crippen LogP contribution is -2.26. The summed E-state index contributed by atoms with van der Waals surface area (Å²) in [4.78, 5) is 2.33. The zero-order valence-corrected chi connectivity index (χ0v) is 10.8. The third kappa shape index (κ3) is 11.8. The van der Waals surface area contributed by atoms with Gasteiger partial charge in [-0.3, -0.25) is 0 Å². The molecule has 92 valence electrons. The number of likely N-dealkylation sites (N-methyl/N-ethyl adjacent to an activating group) is 1. The van der Waals surface area contributed by atoms with Crippen molar-refractivity contribution in [3.8, 4) is 0 Å². The van der Waals surface area contributed by atoms with Gasteiger partial charge in [0.05, 0.1) is 0 Å². The Balaban J connectivity index is 2.98. The molecule has 2 nitrogen and oxygen atoms in total. The molecule has 0 aliphatic heterocycles. The SMILES string of the molecule is CCCCCCCCCCN(C)CCN. The highest BCUT2D eigenvalue weighted by Gasteiger charge is 1.96. The van der Waals surface area contributed by atoms with Crippen molar-refractivity contribution in [1.29, 1.82) is 0 Å². The highest BCUT2D eigenvalue weighted by Crippen LogP contribution is 2.08. The van der Waals surface area contributed by atoms with Gasteiger partial charge in [0.25, 0.3) is 0 Å². The van der Waals surface area contributed by atoms with Gasteiger partial charge in [0.15, 0.2) is 0 Å². The molecule has 0 rings (SSSR count). The van der Waals surface area contributed by atoms with Gasteiger partial charge in [0.2, 0.25) is 0 Å². The summed E-state index contributed by atoms with van der Waals surface area (Å²) in [7, 11) is 2.16. The fourth-order valence-corrected chi connectivity index (χ4v) is 1.85.